The summed E-state index contributed by atoms with van der Waals surface area (Å²) < 4.78 is 31.8. The van der Waals surface area contributed by atoms with Crippen molar-refractivity contribution in [2.45, 2.75) is 4.90 Å². The highest BCUT2D eigenvalue weighted by Crippen LogP contribution is 2.28. The van der Waals surface area contributed by atoms with E-state index in [-0.39, 0.29) is 10.6 Å². The van der Waals surface area contributed by atoms with Crippen molar-refractivity contribution < 1.29 is 13.2 Å². The summed E-state index contributed by atoms with van der Waals surface area (Å²) in [6, 6.07) is 11.1. The molecular weight excluding hydrogens is 324 g/mol. The number of nitrogens with two attached hydrogens (primary N) is 1. The summed E-state index contributed by atoms with van der Waals surface area (Å²) in [6.07, 6.45) is 1.50. The Kier molecular flexibility index (Phi) is 3.50. The number of hydrogen-bond donors (Lipinski definition) is 1. The molecule has 0 radical (unpaired) electrons. The van der Waals surface area contributed by atoms with Crippen molar-refractivity contribution in [2.75, 3.05) is 12.8 Å². The van der Waals surface area contributed by atoms with E-state index in [1.807, 2.05) is 0 Å². The fraction of sp³-hybridized carbons (Fsp3) is 0.0667. The van der Waals surface area contributed by atoms with Gasteiger partial charge in [0.15, 0.2) is 0 Å². The first-order chi connectivity index (χ1) is 10.4. The smallest absolute Gasteiger partial charge is 0.268 e. The van der Waals surface area contributed by atoms with Crippen molar-refractivity contribution in [3.8, 4) is 5.75 Å². The minimum absolute atomic E-state index is 0.0956. The maximum atomic E-state index is 12.8. The maximum absolute atomic E-state index is 12.8. The molecule has 0 bridgehead atoms. The second kappa shape index (κ2) is 5.23. The minimum atomic E-state index is -3.74. The van der Waals surface area contributed by atoms with E-state index in [0.29, 0.717) is 16.3 Å². The molecule has 7 heteroatoms. The molecule has 0 aliphatic heterocycles. The van der Waals surface area contributed by atoms with Crippen LogP contribution < -0.4 is 10.5 Å². The van der Waals surface area contributed by atoms with Crippen LogP contribution in [0.2, 0.25) is 5.02 Å². The molecule has 0 unspecified atom stereocenters. The lowest BCUT2D eigenvalue weighted by Crippen LogP contribution is -2.12. The van der Waals surface area contributed by atoms with E-state index in [9.17, 15) is 8.42 Å². The predicted octanol–water partition coefficient (Wildman–Crippen LogP) is 3.12. The summed E-state index contributed by atoms with van der Waals surface area (Å²) in [5.41, 5.74) is 6.62. The Morgan fingerprint density at radius 3 is 2.59 bits per heavy atom. The van der Waals surface area contributed by atoms with E-state index in [4.69, 9.17) is 22.1 Å². The monoisotopic (exact) mass is 336 g/mol. The van der Waals surface area contributed by atoms with E-state index in [0.717, 1.165) is 5.39 Å². The number of hydrogen-bond acceptors (Lipinski definition) is 4. The van der Waals surface area contributed by atoms with Crippen LogP contribution in [0.4, 0.5) is 5.69 Å². The van der Waals surface area contributed by atoms with Gasteiger partial charge in [-0.05, 0) is 42.5 Å². The van der Waals surface area contributed by atoms with Gasteiger partial charge in [-0.3, -0.25) is 0 Å². The lowest BCUT2D eigenvalue weighted by atomic mass is 10.2. The van der Waals surface area contributed by atoms with Gasteiger partial charge in [0.25, 0.3) is 10.0 Å². The first kappa shape index (κ1) is 14.7. The number of benzene rings is 2. The number of aromatic nitrogens is 1. The number of anilines is 1. The lowest BCUT2D eigenvalue weighted by molar-refractivity contribution is 0.416. The summed E-state index contributed by atoms with van der Waals surface area (Å²) in [5.74, 6) is 0.433. The quantitative estimate of drug-likeness (QED) is 0.746. The molecule has 0 saturated carbocycles. The van der Waals surface area contributed by atoms with Crippen LogP contribution in [-0.2, 0) is 10.0 Å². The molecule has 2 N–H and O–H groups in total. The molecule has 0 saturated heterocycles. The summed E-state index contributed by atoms with van der Waals surface area (Å²) in [7, 11) is -2.27. The normalized spacial score (nSPS) is 11.7. The Balaban J connectivity index is 2.18. The van der Waals surface area contributed by atoms with Crippen molar-refractivity contribution in [2.24, 2.45) is 0 Å². The first-order valence-electron chi connectivity index (χ1n) is 6.39. The fourth-order valence-corrected chi connectivity index (χ4v) is 3.85. The highest BCUT2D eigenvalue weighted by Gasteiger charge is 2.20. The Labute approximate surface area is 132 Å². The van der Waals surface area contributed by atoms with E-state index < -0.39 is 10.0 Å². The molecule has 0 fully saturated rings. The largest absolute Gasteiger partial charge is 0.495 e. The standard InChI is InChI=1S/C15H13ClN2O3S/c1-21-15-5-3-12(9-13(15)17)22(19,20)18-7-6-10-8-11(16)2-4-14(10)18/h2-9H,17H2,1H3. The molecule has 3 aromatic rings. The van der Waals surface area contributed by atoms with Gasteiger partial charge in [0.05, 0.1) is 23.2 Å². The number of rotatable bonds is 3. The van der Waals surface area contributed by atoms with Gasteiger partial charge in [-0.25, -0.2) is 12.4 Å². The zero-order valence-corrected chi connectivity index (χ0v) is 13.2. The van der Waals surface area contributed by atoms with Gasteiger partial charge in [-0.15, -0.1) is 0 Å². The SMILES string of the molecule is COc1ccc(S(=O)(=O)n2ccc3cc(Cl)ccc32)cc1N. The molecule has 1 aromatic heterocycles. The van der Waals surface area contributed by atoms with E-state index in [2.05, 4.69) is 0 Å². The van der Waals surface area contributed by atoms with E-state index >= 15 is 0 Å². The van der Waals surface area contributed by atoms with Crippen LogP contribution in [0.15, 0.2) is 53.6 Å². The van der Waals surface area contributed by atoms with Crippen molar-refractivity contribution in [1.82, 2.24) is 3.97 Å². The van der Waals surface area contributed by atoms with Crippen LogP contribution in [0.1, 0.15) is 0 Å². The van der Waals surface area contributed by atoms with Crippen molar-refractivity contribution >= 4 is 38.2 Å². The van der Waals surface area contributed by atoms with Crippen molar-refractivity contribution in [3.05, 3.63) is 53.7 Å². The Morgan fingerprint density at radius 2 is 1.91 bits per heavy atom. The van der Waals surface area contributed by atoms with Crippen LogP contribution in [0.3, 0.4) is 0 Å². The minimum Gasteiger partial charge on any atom is -0.495 e. The molecular formula is C15H13ClN2O3S. The van der Waals surface area contributed by atoms with Gasteiger partial charge >= 0.3 is 0 Å². The number of nitrogen functional groups attached to an aromatic ring is 1. The van der Waals surface area contributed by atoms with Crippen LogP contribution in [-0.4, -0.2) is 19.5 Å². The second-order valence-corrected chi connectivity index (χ2v) is 6.97. The zero-order chi connectivity index (χ0) is 15.9. The fourth-order valence-electron chi connectivity index (χ4n) is 2.28. The van der Waals surface area contributed by atoms with E-state index in [1.54, 1.807) is 24.3 Å². The lowest BCUT2D eigenvalue weighted by Gasteiger charge is -2.10. The maximum Gasteiger partial charge on any atom is 0.268 e. The molecule has 2 aromatic carbocycles. The van der Waals surface area contributed by atoms with Crippen molar-refractivity contribution in [3.63, 3.8) is 0 Å². The number of ether oxygens (including phenoxy) is 1. The number of nitrogens with zero attached hydrogens (tertiary/aromatic N) is 1. The number of fused-ring (bicyclic) bond motifs is 1. The summed E-state index contributed by atoms with van der Waals surface area (Å²) in [6.45, 7) is 0. The Bertz CT molecular complexity index is 964. The number of halogens is 1. The summed E-state index contributed by atoms with van der Waals surface area (Å²) >= 11 is 5.92. The van der Waals surface area contributed by atoms with E-state index in [1.165, 1.54) is 35.5 Å². The van der Waals surface area contributed by atoms with Crippen LogP contribution in [0.5, 0.6) is 5.75 Å². The topological polar surface area (TPSA) is 74.3 Å². The molecule has 0 amide bonds. The van der Waals surface area contributed by atoms with Gasteiger partial charge in [0.2, 0.25) is 0 Å². The molecule has 0 aliphatic rings. The first-order valence-corrected chi connectivity index (χ1v) is 8.21. The predicted molar refractivity (Wildman–Crippen MR) is 86.9 cm³/mol. The van der Waals surface area contributed by atoms with Crippen LogP contribution >= 0.6 is 11.6 Å². The third-order valence-electron chi connectivity index (χ3n) is 3.37. The highest BCUT2D eigenvalue weighted by atomic mass is 35.5. The molecule has 5 nitrogen and oxygen atoms in total. The van der Waals surface area contributed by atoms with Crippen LogP contribution in [0.25, 0.3) is 10.9 Å². The van der Waals surface area contributed by atoms with Crippen molar-refractivity contribution in [1.29, 1.82) is 0 Å². The molecule has 22 heavy (non-hydrogen) atoms. The van der Waals surface area contributed by atoms with Gasteiger partial charge < -0.3 is 10.5 Å². The third-order valence-corrected chi connectivity index (χ3v) is 5.30. The molecule has 114 valence electrons. The van der Waals surface area contributed by atoms with Gasteiger partial charge in [0.1, 0.15) is 5.75 Å². The third kappa shape index (κ3) is 2.30. The number of methoxy groups -OCH3 is 1. The molecule has 0 spiro atoms. The average molecular weight is 337 g/mol. The highest BCUT2D eigenvalue weighted by molar-refractivity contribution is 7.90. The summed E-state index contributed by atoms with van der Waals surface area (Å²) in [4.78, 5) is 0.0956. The van der Waals surface area contributed by atoms with Gasteiger partial charge in [0, 0.05) is 16.6 Å². The van der Waals surface area contributed by atoms with Crippen LogP contribution in [0, 0.1) is 0 Å². The molecule has 0 atom stereocenters. The Morgan fingerprint density at radius 1 is 1.14 bits per heavy atom. The summed E-state index contributed by atoms with van der Waals surface area (Å²) in [5, 5.41) is 1.30. The van der Waals surface area contributed by atoms with Gasteiger partial charge in [-0.1, -0.05) is 11.6 Å². The Hall–Kier alpha value is -2.18. The molecule has 1 heterocycles. The zero-order valence-electron chi connectivity index (χ0n) is 11.7. The molecule has 0 aliphatic carbocycles. The molecule has 3 rings (SSSR count). The second-order valence-electron chi connectivity index (χ2n) is 4.72. The average Bonchev–Trinajstić information content (AvgIpc) is 2.90. The van der Waals surface area contributed by atoms with Gasteiger partial charge in [-0.2, -0.15) is 0 Å².